The lowest BCUT2D eigenvalue weighted by molar-refractivity contribution is 1.51. The third kappa shape index (κ3) is 5.56. The average molecular weight is 478 g/mol. The Hall–Kier alpha value is -3.72. The Morgan fingerprint density at radius 3 is 0.818 bits per heavy atom. The number of aliphatic imine (C=N–C) groups is 3. The molecule has 3 nitrogen and oxygen atoms in total. The summed E-state index contributed by atoms with van der Waals surface area (Å²) in [5.74, 6) is 0. The Morgan fingerprint density at radius 1 is 0.364 bits per heavy atom. The van der Waals surface area contributed by atoms with Gasteiger partial charge in [-0.05, 0) is 125 Å². The third-order valence-electron chi connectivity index (χ3n) is 5.06. The molecule has 0 bridgehead atoms. The van der Waals surface area contributed by atoms with Gasteiger partial charge in [-0.2, -0.15) is 15.0 Å². The Labute approximate surface area is 207 Å². The van der Waals surface area contributed by atoms with Gasteiger partial charge >= 0.3 is 0 Å². The molecule has 0 radical (unpaired) electrons. The van der Waals surface area contributed by atoms with Gasteiger partial charge < -0.3 is 0 Å². The number of hydrogen-bond acceptors (Lipinski definition) is 6. The van der Waals surface area contributed by atoms with Gasteiger partial charge in [0.15, 0.2) is 0 Å². The highest BCUT2D eigenvalue weighted by Gasteiger charge is 2.08. The van der Waals surface area contributed by atoms with E-state index in [1.165, 1.54) is 0 Å². The van der Waals surface area contributed by atoms with Gasteiger partial charge in [0, 0.05) is 0 Å². The van der Waals surface area contributed by atoms with Gasteiger partial charge in [0.25, 0.3) is 0 Å². The Morgan fingerprint density at radius 2 is 0.606 bits per heavy atom. The van der Waals surface area contributed by atoms with Crippen molar-refractivity contribution in [3.05, 3.63) is 91.0 Å². The zero-order valence-electron chi connectivity index (χ0n) is 17.2. The minimum Gasteiger partial charge on any atom is -0.195 e. The van der Waals surface area contributed by atoms with Gasteiger partial charge in [0.1, 0.15) is 0 Å². The van der Waals surface area contributed by atoms with Gasteiger partial charge in [-0.25, -0.2) is 0 Å². The van der Waals surface area contributed by atoms with Crippen LogP contribution >= 0.6 is 36.7 Å². The predicted octanol–water partition coefficient (Wildman–Crippen LogP) is 8.89. The van der Waals surface area contributed by atoms with Crippen molar-refractivity contribution in [3.8, 4) is 33.4 Å². The first-order valence-corrected chi connectivity index (χ1v) is 11.1. The summed E-state index contributed by atoms with van der Waals surface area (Å²) < 4.78 is 0. The average Bonchev–Trinajstić information content (AvgIpc) is 2.86. The molecule has 0 heterocycles. The first-order chi connectivity index (χ1) is 16.2. The van der Waals surface area contributed by atoms with Crippen LogP contribution in [0.1, 0.15) is 0 Å². The molecular weight excluding hydrogens is 463 g/mol. The van der Waals surface area contributed by atoms with Crippen LogP contribution in [0.15, 0.2) is 106 Å². The summed E-state index contributed by atoms with van der Waals surface area (Å²) in [6.07, 6.45) is 0. The molecule has 0 saturated heterocycles. The summed E-state index contributed by atoms with van der Waals surface area (Å²) in [7, 11) is 0. The highest BCUT2D eigenvalue weighted by Crippen LogP contribution is 2.34. The van der Waals surface area contributed by atoms with Crippen LogP contribution in [-0.2, 0) is 0 Å². The van der Waals surface area contributed by atoms with Crippen LogP contribution in [0.25, 0.3) is 33.4 Å². The van der Waals surface area contributed by atoms with Gasteiger partial charge in [-0.1, -0.05) is 36.4 Å². The van der Waals surface area contributed by atoms with Gasteiger partial charge in [0.05, 0.1) is 32.5 Å². The summed E-state index contributed by atoms with van der Waals surface area (Å²) in [5.41, 5.74) is 8.80. The van der Waals surface area contributed by atoms with Crippen molar-refractivity contribution < 1.29 is 0 Å². The fourth-order valence-corrected chi connectivity index (χ4v) is 3.79. The number of nitrogens with zero attached hydrogens (tertiary/aromatic N) is 3. The number of isothiocyanates is 3. The zero-order valence-corrected chi connectivity index (χ0v) is 19.7. The van der Waals surface area contributed by atoms with E-state index in [2.05, 4.69) is 48.7 Å². The maximum atomic E-state index is 4.70. The van der Waals surface area contributed by atoms with Crippen molar-refractivity contribution in [2.24, 2.45) is 15.0 Å². The minimum atomic E-state index is 0.773. The maximum Gasteiger partial charge on any atom is 0.0739 e. The van der Waals surface area contributed by atoms with E-state index in [1.54, 1.807) is 0 Å². The predicted molar refractivity (Wildman–Crippen MR) is 147 cm³/mol. The fraction of sp³-hybridized carbons (Fsp3) is 0. The van der Waals surface area contributed by atoms with E-state index in [0.29, 0.717) is 0 Å². The topological polar surface area (TPSA) is 37.1 Å². The largest absolute Gasteiger partial charge is 0.195 e. The number of thiocarbonyl (C=S) groups is 3. The van der Waals surface area contributed by atoms with Crippen LogP contribution in [0, 0.1) is 0 Å². The Bertz CT molecular complexity index is 1250. The Balaban J connectivity index is 1.83. The monoisotopic (exact) mass is 477 g/mol. The molecule has 0 N–H and O–H groups in total. The first-order valence-electron chi connectivity index (χ1n) is 9.90. The SMILES string of the molecule is S=C=Nc1ccc(-c2cc(-c3ccc(N=C=S)cc3)cc(-c3ccc(N=C=S)cc3)c2)cc1. The molecule has 0 aliphatic carbocycles. The molecule has 0 aliphatic heterocycles. The quantitative estimate of drug-likeness (QED) is 0.205. The van der Waals surface area contributed by atoms with Crippen molar-refractivity contribution in [3.63, 3.8) is 0 Å². The normalized spacial score (nSPS) is 9.82. The van der Waals surface area contributed by atoms with Crippen LogP contribution in [-0.4, -0.2) is 15.5 Å². The summed E-state index contributed by atoms with van der Waals surface area (Å²) in [6, 6.07) is 30.3. The molecule has 4 rings (SSSR count). The van der Waals surface area contributed by atoms with E-state index < -0.39 is 0 Å². The van der Waals surface area contributed by atoms with Crippen molar-refractivity contribution in [1.82, 2.24) is 0 Å². The van der Waals surface area contributed by atoms with Crippen molar-refractivity contribution in [2.45, 2.75) is 0 Å². The molecule has 0 aliphatic rings. The molecule has 0 aromatic heterocycles. The van der Waals surface area contributed by atoms with Gasteiger partial charge in [-0.15, -0.1) is 0 Å². The molecule has 156 valence electrons. The van der Waals surface area contributed by atoms with Gasteiger partial charge in [-0.3, -0.25) is 0 Å². The molecular formula is C27H15N3S3. The Kier molecular flexibility index (Phi) is 7.31. The fourth-order valence-electron chi connectivity index (χ4n) is 3.47. The lowest BCUT2D eigenvalue weighted by Crippen LogP contribution is -1.86. The second-order valence-electron chi connectivity index (χ2n) is 7.05. The standard InChI is InChI=1S/C27H15N3S3/c31-16-28-25-7-1-19(2-8-25)22-13-23(20-3-9-26(10-4-20)29-17-32)15-24(14-22)21-5-11-27(12-6-21)30-18-33/h1-15H. The van der Waals surface area contributed by atoms with Gasteiger partial charge in [0.2, 0.25) is 0 Å². The van der Waals surface area contributed by atoms with Crippen LogP contribution in [0.4, 0.5) is 17.1 Å². The van der Waals surface area contributed by atoms with Crippen molar-refractivity contribution >= 4 is 69.2 Å². The second kappa shape index (κ2) is 10.7. The minimum absolute atomic E-state index is 0.773. The number of hydrogen-bond donors (Lipinski definition) is 0. The maximum absolute atomic E-state index is 4.70. The van der Waals surface area contributed by atoms with E-state index in [9.17, 15) is 0 Å². The highest BCUT2D eigenvalue weighted by molar-refractivity contribution is 7.78. The molecule has 4 aromatic rings. The van der Waals surface area contributed by atoms with Crippen molar-refractivity contribution in [1.29, 1.82) is 0 Å². The van der Waals surface area contributed by atoms with E-state index in [4.69, 9.17) is 36.7 Å². The number of rotatable bonds is 6. The highest BCUT2D eigenvalue weighted by atomic mass is 32.1. The van der Waals surface area contributed by atoms with Crippen LogP contribution in [0.5, 0.6) is 0 Å². The number of benzene rings is 4. The zero-order chi connectivity index (χ0) is 23.0. The molecule has 0 spiro atoms. The molecule has 0 unspecified atom stereocenters. The van der Waals surface area contributed by atoms with E-state index in [1.807, 2.05) is 72.8 Å². The molecule has 0 fully saturated rings. The summed E-state index contributed by atoms with van der Waals surface area (Å²) in [6.45, 7) is 0. The summed E-state index contributed by atoms with van der Waals surface area (Å²) in [4.78, 5) is 12.1. The molecule has 0 saturated carbocycles. The molecule has 4 aromatic carbocycles. The lowest BCUT2D eigenvalue weighted by Gasteiger charge is -2.12. The summed E-state index contributed by atoms with van der Waals surface area (Å²) in [5, 5.41) is 7.21. The smallest absolute Gasteiger partial charge is 0.0739 e. The molecule has 0 atom stereocenters. The van der Waals surface area contributed by atoms with E-state index >= 15 is 0 Å². The van der Waals surface area contributed by atoms with E-state index in [0.717, 1.165) is 50.4 Å². The third-order valence-corrected chi connectivity index (χ3v) is 5.33. The van der Waals surface area contributed by atoms with Crippen molar-refractivity contribution in [2.75, 3.05) is 0 Å². The first kappa shape index (κ1) is 22.5. The van der Waals surface area contributed by atoms with Crippen LogP contribution in [0.2, 0.25) is 0 Å². The molecule has 6 heteroatoms. The van der Waals surface area contributed by atoms with Crippen LogP contribution < -0.4 is 0 Å². The molecule has 0 amide bonds. The second-order valence-corrected chi connectivity index (χ2v) is 7.60. The lowest BCUT2D eigenvalue weighted by atomic mass is 9.93. The molecule has 33 heavy (non-hydrogen) atoms. The van der Waals surface area contributed by atoms with E-state index in [-0.39, 0.29) is 0 Å². The summed E-state index contributed by atoms with van der Waals surface area (Å²) >= 11 is 14.1. The van der Waals surface area contributed by atoms with Crippen LogP contribution in [0.3, 0.4) is 0 Å².